The zero-order valence-corrected chi connectivity index (χ0v) is 15.2. The van der Waals surface area contributed by atoms with Gasteiger partial charge in [0, 0.05) is 17.6 Å². The number of benzene rings is 1. The Morgan fingerprint density at radius 2 is 1.88 bits per heavy atom. The third-order valence-electron chi connectivity index (χ3n) is 5.51. The molecule has 3 rings (SSSR count). The van der Waals surface area contributed by atoms with E-state index in [-0.39, 0.29) is 24.4 Å². The second-order valence-corrected chi connectivity index (χ2v) is 7.75. The number of nitrogens with zero attached hydrogens (tertiary/aromatic N) is 1. The van der Waals surface area contributed by atoms with Crippen LogP contribution < -0.4 is 11.1 Å². The molecule has 2 fully saturated rings. The third kappa shape index (κ3) is 4.15. The number of carbonyl (C=O) groups excluding carboxylic acids is 2. The van der Waals surface area contributed by atoms with Crippen LogP contribution in [0.4, 0.5) is 0 Å². The minimum atomic E-state index is -0.448. The highest BCUT2D eigenvalue weighted by atomic mass is 35.5. The number of rotatable bonds is 5. The number of hydrogen-bond donors (Lipinski definition) is 2. The van der Waals surface area contributed by atoms with Crippen LogP contribution in [0.1, 0.15) is 44.1 Å². The third-order valence-corrected chi connectivity index (χ3v) is 5.76. The maximum atomic E-state index is 13.2. The van der Waals surface area contributed by atoms with Crippen LogP contribution in [-0.4, -0.2) is 42.4 Å². The number of piperidine rings is 1. The summed E-state index contributed by atoms with van der Waals surface area (Å²) in [5, 5.41) is 3.94. The molecule has 2 aliphatic rings. The SMILES string of the molecule is NC(=O)CN1CCCC(NC(=O)C2(c3ccc(Cl)cc3)CCCC2)C1. The van der Waals surface area contributed by atoms with Gasteiger partial charge in [-0.15, -0.1) is 0 Å². The minimum absolute atomic E-state index is 0.0744. The van der Waals surface area contributed by atoms with Crippen molar-refractivity contribution in [3.8, 4) is 0 Å². The molecule has 6 heteroatoms. The molecule has 1 saturated carbocycles. The van der Waals surface area contributed by atoms with E-state index in [1.54, 1.807) is 0 Å². The average molecular weight is 364 g/mol. The Labute approximate surface area is 153 Å². The van der Waals surface area contributed by atoms with E-state index in [1.165, 1.54) is 0 Å². The Bertz CT molecular complexity index is 626. The predicted octanol–water partition coefficient (Wildman–Crippen LogP) is 2.22. The van der Waals surface area contributed by atoms with E-state index in [2.05, 4.69) is 5.32 Å². The number of carbonyl (C=O) groups is 2. The number of amides is 2. The second-order valence-electron chi connectivity index (χ2n) is 7.31. The number of nitrogens with one attached hydrogen (secondary N) is 1. The molecule has 0 spiro atoms. The lowest BCUT2D eigenvalue weighted by molar-refractivity contribution is -0.127. The van der Waals surface area contributed by atoms with Gasteiger partial charge in [0.05, 0.1) is 12.0 Å². The number of halogens is 1. The first kappa shape index (κ1) is 18.2. The van der Waals surface area contributed by atoms with Gasteiger partial charge in [-0.25, -0.2) is 0 Å². The number of likely N-dealkylation sites (tertiary alicyclic amines) is 1. The average Bonchev–Trinajstić information content (AvgIpc) is 3.06. The molecule has 1 heterocycles. The van der Waals surface area contributed by atoms with Crippen LogP contribution in [0.5, 0.6) is 0 Å². The van der Waals surface area contributed by atoms with Crippen molar-refractivity contribution in [3.05, 3.63) is 34.9 Å². The van der Waals surface area contributed by atoms with Gasteiger partial charge in [0.2, 0.25) is 11.8 Å². The van der Waals surface area contributed by atoms with Crippen LogP contribution in [-0.2, 0) is 15.0 Å². The number of nitrogens with two attached hydrogens (primary N) is 1. The molecule has 0 radical (unpaired) electrons. The molecule has 5 nitrogen and oxygen atoms in total. The maximum Gasteiger partial charge on any atom is 0.231 e. The van der Waals surface area contributed by atoms with Crippen LogP contribution in [0.15, 0.2) is 24.3 Å². The molecule has 0 aromatic heterocycles. The van der Waals surface area contributed by atoms with E-state index in [4.69, 9.17) is 17.3 Å². The zero-order valence-electron chi connectivity index (χ0n) is 14.5. The van der Waals surface area contributed by atoms with Crippen LogP contribution in [0.25, 0.3) is 0 Å². The standard InChI is InChI=1S/C19H26ClN3O2/c20-15-7-5-14(6-8-15)19(9-1-2-10-19)18(25)22-16-4-3-11-23(12-16)13-17(21)24/h5-8,16H,1-4,9-13H2,(H2,21,24)(H,22,25). The number of hydrogen-bond acceptors (Lipinski definition) is 3. The molecular weight excluding hydrogens is 338 g/mol. The van der Waals surface area contributed by atoms with Crippen LogP contribution >= 0.6 is 11.6 Å². The largest absolute Gasteiger partial charge is 0.369 e. The Morgan fingerprint density at radius 1 is 1.20 bits per heavy atom. The lowest BCUT2D eigenvalue weighted by atomic mass is 9.77. The molecule has 0 bridgehead atoms. The summed E-state index contributed by atoms with van der Waals surface area (Å²) < 4.78 is 0. The van der Waals surface area contributed by atoms with Crippen LogP contribution in [0.2, 0.25) is 5.02 Å². The van der Waals surface area contributed by atoms with Gasteiger partial charge >= 0.3 is 0 Å². The van der Waals surface area contributed by atoms with E-state index < -0.39 is 5.41 Å². The fourth-order valence-electron chi connectivity index (χ4n) is 4.26. The predicted molar refractivity (Wildman–Crippen MR) is 98.4 cm³/mol. The van der Waals surface area contributed by atoms with Crippen molar-refractivity contribution in [2.45, 2.75) is 50.0 Å². The molecule has 1 aromatic carbocycles. The van der Waals surface area contributed by atoms with Gasteiger partial charge in [0.25, 0.3) is 0 Å². The first-order valence-corrected chi connectivity index (χ1v) is 9.45. The summed E-state index contributed by atoms with van der Waals surface area (Å²) in [6, 6.07) is 7.75. The van der Waals surface area contributed by atoms with Gasteiger partial charge in [-0.1, -0.05) is 36.6 Å². The van der Waals surface area contributed by atoms with Crippen molar-refractivity contribution in [1.29, 1.82) is 0 Å². The Hall–Kier alpha value is -1.59. The van der Waals surface area contributed by atoms with Gasteiger partial charge in [-0.05, 0) is 49.9 Å². The van der Waals surface area contributed by atoms with E-state index >= 15 is 0 Å². The monoisotopic (exact) mass is 363 g/mol. The molecule has 1 aliphatic carbocycles. The highest BCUT2D eigenvalue weighted by Crippen LogP contribution is 2.41. The summed E-state index contributed by atoms with van der Waals surface area (Å²) in [5.74, 6) is -0.210. The van der Waals surface area contributed by atoms with Crippen molar-refractivity contribution >= 4 is 23.4 Å². The Morgan fingerprint density at radius 3 is 2.52 bits per heavy atom. The quantitative estimate of drug-likeness (QED) is 0.842. The van der Waals surface area contributed by atoms with Crippen molar-refractivity contribution in [2.75, 3.05) is 19.6 Å². The smallest absolute Gasteiger partial charge is 0.231 e. The van der Waals surface area contributed by atoms with E-state index in [1.807, 2.05) is 29.2 Å². The van der Waals surface area contributed by atoms with Gasteiger partial charge in [0.1, 0.15) is 0 Å². The highest BCUT2D eigenvalue weighted by Gasteiger charge is 2.43. The molecular formula is C19H26ClN3O2. The molecule has 1 saturated heterocycles. The van der Waals surface area contributed by atoms with Gasteiger partial charge in [0.15, 0.2) is 0 Å². The first-order valence-electron chi connectivity index (χ1n) is 9.07. The summed E-state index contributed by atoms with van der Waals surface area (Å²) in [7, 11) is 0. The lowest BCUT2D eigenvalue weighted by Gasteiger charge is -2.35. The molecule has 136 valence electrons. The van der Waals surface area contributed by atoms with Gasteiger partial charge in [-0.2, -0.15) is 0 Å². The van der Waals surface area contributed by atoms with Crippen LogP contribution in [0, 0.1) is 0 Å². The molecule has 25 heavy (non-hydrogen) atoms. The normalized spacial score (nSPS) is 23.3. The molecule has 3 N–H and O–H groups in total. The van der Waals surface area contributed by atoms with E-state index in [9.17, 15) is 9.59 Å². The highest BCUT2D eigenvalue weighted by molar-refractivity contribution is 6.30. The fourth-order valence-corrected chi connectivity index (χ4v) is 4.38. The molecule has 1 unspecified atom stereocenters. The molecule has 1 aromatic rings. The summed E-state index contributed by atoms with van der Waals surface area (Å²) in [4.78, 5) is 26.4. The van der Waals surface area contributed by atoms with E-state index in [0.717, 1.165) is 50.6 Å². The Balaban J connectivity index is 1.71. The van der Waals surface area contributed by atoms with Crippen molar-refractivity contribution in [2.24, 2.45) is 5.73 Å². The van der Waals surface area contributed by atoms with E-state index in [0.29, 0.717) is 11.6 Å². The van der Waals surface area contributed by atoms with Crippen molar-refractivity contribution < 1.29 is 9.59 Å². The molecule has 1 atom stereocenters. The first-order chi connectivity index (χ1) is 12.0. The second kappa shape index (κ2) is 7.75. The summed E-state index contributed by atoms with van der Waals surface area (Å²) >= 11 is 6.01. The summed E-state index contributed by atoms with van der Waals surface area (Å²) in [6.07, 6.45) is 5.78. The lowest BCUT2D eigenvalue weighted by Crippen LogP contribution is -2.53. The summed E-state index contributed by atoms with van der Waals surface area (Å²) in [5.41, 5.74) is 5.90. The van der Waals surface area contributed by atoms with Crippen molar-refractivity contribution in [3.63, 3.8) is 0 Å². The van der Waals surface area contributed by atoms with Crippen LogP contribution in [0.3, 0.4) is 0 Å². The van der Waals surface area contributed by atoms with Crippen molar-refractivity contribution in [1.82, 2.24) is 10.2 Å². The topological polar surface area (TPSA) is 75.4 Å². The van der Waals surface area contributed by atoms with Gasteiger partial charge in [-0.3, -0.25) is 14.5 Å². The maximum absolute atomic E-state index is 13.2. The molecule has 1 aliphatic heterocycles. The Kier molecular flexibility index (Phi) is 5.64. The summed E-state index contributed by atoms with van der Waals surface area (Å²) in [6.45, 7) is 1.80. The zero-order chi connectivity index (χ0) is 17.9. The number of primary amides is 1. The minimum Gasteiger partial charge on any atom is -0.369 e. The molecule has 2 amide bonds. The van der Waals surface area contributed by atoms with Gasteiger partial charge < -0.3 is 11.1 Å². The fraction of sp³-hybridized carbons (Fsp3) is 0.579.